The van der Waals surface area contributed by atoms with Gasteiger partial charge in [0.05, 0.1) is 6.54 Å². The van der Waals surface area contributed by atoms with E-state index in [-0.39, 0.29) is 5.82 Å². The average Bonchev–Trinajstić information content (AvgIpc) is 3.17. The second-order valence-electron chi connectivity index (χ2n) is 5.72. The molecule has 0 unspecified atom stereocenters. The van der Waals surface area contributed by atoms with Crippen LogP contribution in [0.2, 0.25) is 0 Å². The van der Waals surface area contributed by atoms with Gasteiger partial charge in [0.25, 0.3) is 5.91 Å². The largest absolute Gasteiger partial charge is 0.363 e. The summed E-state index contributed by atoms with van der Waals surface area (Å²) in [6, 6.07) is 9.89. The predicted octanol–water partition coefficient (Wildman–Crippen LogP) is 1.99. The standard InChI is InChI=1S/C16H18N6OS/c1-10(2)16-20-19-13(24-16)9-22-12(18-15(21-22)14(17)23)8-11-6-4-3-5-7-11/h3-7,10H,8-9H2,1-2H3,(H2,17,23). The number of carbonyl (C=O) groups excluding carboxylic acids is 1. The summed E-state index contributed by atoms with van der Waals surface area (Å²) in [6.45, 7) is 4.57. The second-order valence-corrected chi connectivity index (χ2v) is 6.82. The van der Waals surface area contributed by atoms with E-state index < -0.39 is 5.91 Å². The molecule has 3 aromatic rings. The molecule has 0 bridgehead atoms. The number of benzene rings is 1. The van der Waals surface area contributed by atoms with Crippen molar-refractivity contribution in [2.24, 2.45) is 5.73 Å². The highest BCUT2D eigenvalue weighted by atomic mass is 32.1. The minimum atomic E-state index is -0.636. The van der Waals surface area contributed by atoms with Gasteiger partial charge in [-0.25, -0.2) is 9.67 Å². The van der Waals surface area contributed by atoms with Gasteiger partial charge in [-0.1, -0.05) is 55.5 Å². The fourth-order valence-corrected chi connectivity index (χ4v) is 3.03. The number of hydrogen-bond donors (Lipinski definition) is 1. The molecule has 1 amide bonds. The summed E-state index contributed by atoms with van der Waals surface area (Å²) in [5.74, 6) is 0.394. The third-order valence-corrected chi connectivity index (χ3v) is 4.64. The van der Waals surface area contributed by atoms with Crippen LogP contribution in [0.3, 0.4) is 0 Å². The Kier molecular flexibility index (Phi) is 4.66. The highest BCUT2D eigenvalue weighted by molar-refractivity contribution is 7.11. The quantitative estimate of drug-likeness (QED) is 0.738. The van der Waals surface area contributed by atoms with Gasteiger partial charge in [0.2, 0.25) is 5.82 Å². The molecule has 0 atom stereocenters. The molecule has 0 aliphatic rings. The van der Waals surface area contributed by atoms with Gasteiger partial charge in [-0.2, -0.15) is 0 Å². The summed E-state index contributed by atoms with van der Waals surface area (Å²) < 4.78 is 1.68. The molecule has 3 rings (SSSR count). The second kappa shape index (κ2) is 6.88. The Morgan fingerprint density at radius 1 is 1.25 bits per heavy atom. The number of amides is 1. The van der Waals surface area contributed by atoms with Gasteiger partial charge in [-0.15, -0.1) is 15.3 Å². The van der Waals surface area contributed by atoms with Gasteiger partial charge in [0.15, 0.2) is 0 Å². The highest BCUT2D eigenvalue weighted by Gasteiger charge is 2.16. The zero-order valence-corrected chi connectivity index (χ0v) is 14.3. The van der Waals surface area contributed by atoms with E-state index in [1.54, 1.807) is 16.0 Å². The van der Waals surface area contributed by atoms with Crippen LogP contribution in [0.5, 0.6) is 0 Å². The molecule has 2 N–H and O–H groups in total. The minimum absolute atomic E-state index is 0.0227. The van der Waals surface area contributed by atoms with E-state index >= 15 is 0 Å². The Morgan fingerprint density at radius 2 is 2.00 bits per heavy atom. The van der Waals surface area contributed by atoms with Gasteiger partial charge >= 0.3 is 0 Å². The molecule has 24 heavy (non-hydrogen) atoms. The lowest BCUT2D eigenvalue weighted by Gasteiger charge is -2.03. The third-order valence-electron chi connectivity index (χ3n) is 3.44. The third kappa shape index (κ3) is 3.65. The number of rotatable bonds is 6. The van der Waals surface area contributed by atoms with E-state index in [4.69, 9.17) is 5.73 Å². The van der Waals surface area contributed by atoms with Crippen LogP contribution in [-0.4, -0.2) is 30.9 Å². The maximum atomic E-state index is 11.4. The number of nitrogens with two attached hydrogens (primary N) is 1. The van der Waals surface area contributed by atoms with Gasteiger partial charge in [-0.05, 0) is 5.56 Å². The predicted molar refractivity (Wildman–Crippen MR) is 90.9 cm³/mol. The molecule has 2 heterocycles. The van der Waals surface area contributed by atoms with Crippen LogP contribution < -0.4 is 5.73 Å². The molecule has 1 aromatic carbocycles. The smallest absolute Gasteiger partial charge is 0.288 e. The van der Waals surface area contributed by atoms with E-state index in [0.717, 1.165) is 15.6 Å². The zero-order chi connectivity index (χ0) is 17.1. The lowest BCUT2D eigenvalue weighted by molar-refractivity contribution is 0.0990. The van der Waals surface area contributed by atoms with Crippen LogP contribution in [0.1, 0.15) is 51.8 Å². The van der Waals surface area contributed by atoms with Gasteiger partial charge in [-0.3, -0.25) is 4.79 Å². The summed E-state index contributed by atoms with van der Waals surface area (Å²) >= 11 is 1.54. The summed E-state index contributed by atoms with van der Waals surface area (Å²) in [5.41, 5.74) is 6.41. The topological polar surface area (TPSA) is 99.6 Å². The molecule has 7 nitrogen and oxygen atoms in total. The first kappa shape index (κ1) is 16.3. The SMILES string of the molecule is CC(C)c1nnc(Cn2nc(C(N)=O)nc2Cc2ccccc2)s1. The minimum Gasteiger partial charge on any atom is -0.363 e. The number of carbonyl (C=O) groups is 1. The van der Waals surface area contributed by atoms with Crippen LogP contribution in [0.15, 0.2) is 30.3 Å². The Balaban J connectivity index is 1.88. The van der Waals surface area contributed by atoms with Crippen LogP contribution >= 0.6 is 11.3 Å². The molecule has 0 saturated heterocycles. The van der Waals surface area contributed by atoms with Crippen LogP contribution in [-0.2, 0) is 13.0 Å². The molecule has 0 aliphatic heterocycles. The monoisotopic (exact) mass is 342 g/mol. The molecule has 0 aliphatic carbocycles. The fraction of sp³-hybridized carbons (Fsp3) is 0.312. The normalized spacial score (nSPS) is 11.1. The molecule has 8 heteroatoms. The zero-order valence-electron chi connectivity index (χ0n) is 13.5. The summed E-state index contributed by atoms with van der Waals surface area (Å²) in [6.07, 6.45) is 0.566. The number of hydrogen-bond acceptors (Lipinski definition) is 6. The van der Waals surface area contributed by atoms with E-state index in [0.29, 0.717) is 24.7 Å². The van der Waals surface area contributed by atoms with Crippen molar-refractivity contribution in [3.05, 3.63) is 57.6 Å². The fourth-order valence-electron chi connectivity index (χ4n) is 2.21. The first-order chi connectivity index (χ1) is 11.5. The van der Waals surface area contributed by atoms with E-state index in [1.807, 2.05) is 30.3 Å². The molecule has 0 saturated carbocycles. The molecule has 0 radical (unpaired) electrons. The first-order valence-corrected chi connectivity index (χ1v) is 8.44. The van der Waals surface area contributed by atoms with E-state index in [9.17, 15) is 4.79 Å². The van der Waals surface area contributed by atoms with Crippen molar-refractivity contribution in [2.75, 3.05) is 0 Å². The van der Waals surface area contributed by atoms with Crippen molar-refractivity contribution in [3.8, 4) is 0 Å². The van der Waals surface area contributed by atoms with Crippen molar-refractivity contribution in [2.45, 2.75) is 32.7 Å². The Morgan fingerprint density at radius 3 is 2.62 bits per heavy atom. The lowest BCUT2D eigenvalue weighted by Crippen LogP contribution is -2.13. The first-order valence-electron chi connectivity index (χ1n) is 7.62. The lowest BCUT2D eigenvalue weighted by atomic mass is 10.1. The van der Waals surface area contributed by atoms with Crippen LogP contribution in [0, 0.1) is 0 Å². The van der Waals surface area contributed by atoms with Gasteiger partial charge in [0.1, 0.15) is 15.8 Å². The highest BCUT2D eigenvalue weighted by Crippen LogP contribution is 2.20. The van der Waals surface area contributed by atoms with Crippen molar-refractivity contribution >= 4 is 17.2 Å². The van der Waals surface area contributed by atoms with Crippen LogP contribution in [0.4, 0.5) is 0 Å². The van der Waals surface area contributed by atoms with Crippen molar-refractivity contribution in [3.63, 3.8) is 0 Å². The molecular formula is C16H18N6OS. The van der Waals surface area contributed by atoms with Gasteiger partial charge in [0, 0.05) is 12.3 Å². The number of aromatic nitrogens is 5. The van der Waals surface area contributed by atoms with E-state index in [2.05, 4.69) is 34.1 Å². The van der Waals surface area contributed by atoms with Crippen molar-refractivity contribution in [1.29, 1.82) is 0 Å². The van der Waals surface area contributed by atoms with E-state index in [1.165, 1.54) is 0 Å². The number of nitrogens with zero attached hydrogens (tertiary/aromatic N) is 5. The molecule has 0 spiro atoms. The van der Waals surface area contributed by atoms with Crippen molar-refractivity contribution in [1.82, 2.24) is 25.0 Å². The Hall–Kier alpha value is -2.61. The molecule has 124 valence electrons. The maximum absolute atomic E-state index is 11.4. The Bertz CT molecular complexity index is 839. The molecular weight excluding hydrogens is 324 g/mol. The summed E-state index contributed by atoms with van der Waals surface area (Å²) in [4.78, 5) is 15.7. The molecule has 0 fully saturated rings. The maximum Gasteiger partial charge on any atom is 0.288 e. The van der Waals surface area contributed by atoms with Crippen molar-refractivity contribution < 1.29 is 4.79 Å². The van der Waals surface area contributed by atoms with Crippen LogP contribution in [0.25, 0.3) is 0 Å². The Labute approximate surface area is 143 Å². The molecule has 2 aromatic heterocycles. The summed E-state index contributed by atoms with van der Waals surface area (Å²) in [7, 11) is 0. The van der Waals surface area contributed by atoms with Gasteiger partial charge < -0.3 is 5.73 Å². The summed E-state index contributed by atoms with van der Waals surface area (Å²) in [5, 5.41) is 14.4. The average molecular weight is 342 g/mol. The number of primary amides is 1.